The fraction of sp³-hybridized carbons (Fsp3) is 0.471. The first-order valence-corrected chi connectivity index (χ1v) is 8.91. The summed E-state index contributed by atoms with van der Waals surface area (Å²) in [6, 6.07) is -0.233. The third-order valence-electron chi connectivity index (χ3n) is 5.66. The van der Waals surface area contributed by atoms with Crippen molar-refractivity contribution in [2.75, 3.05) is 5.32 Å². The number of halogens is 1. The number of aliphatic hydroxyl groups is 2. The molecule has 0 amide bonds. The van der Waals surface area contributed by atoms with E-state index in [1.54, 1.807) is 6.20 Å². The molecule has 2 saturated carbocycles. The zero-order valence-corrected chi connectivity index (χ0v) is 14.2. The molecule has 10 heteroatoms. The number of aliphatic hydroxyl groups excluding tert-OH is 1. The van der Waals surface area contributed by atoms with Crippen LogP contribution in [0.4, 0.5) is 10.2 Å². The van der Waals surface area contributed by atoms with Gasteiger partial charge in [0, 0.05) is 18.2 Å². The Balaban J connectivity index is 1.49. The standard InChI is InChI=1S/C17H18FN7O2/c18-11-5-20-16(13-10-4-19-6-21-14(10)25-24-13)23-15(11)22-12-8(17(26)27)2-1-7-3-9(7)12/h4-9,12,17,26-27H,1-3H2,(H,20,22,23)(H,19,21,24,25)/t7-,8+,9+,12-/m1/s1. The Labute approximate surface area is 153 Å². The van der Waals surface area contributed by atoms with Crippen molar-refractivity contribution in [2.24, 2.45) is 17.8 Å². The van der Waals surface area contributed by atoms with Crippen molar-refractivity contribution in [2.45, 2.75) is 31.6 Å². The smallest absolute Gasteiger partial charge is 0.184 e. The summed E-state index contributed by atoms with van der Waals surface area (Å²) in [5.74, 6) is 0.240. The van der Waals surface area contributed by atoms with E-state index in [0.29, 0.717) is 35.0 Å². The summed E-state index contributed by atoms with van der Waals surface area (Å²) >= 11 is 0. The van der Waals surface area contributed by atoms with Gasteiger partial charge in [-0.3, -0.25) is 5.10 Å². The number of aromatic nitrogens is 6. The van der Waals surface area contributed by atoms with Crippen molar-refractivity contribution in [1.29, 1.82) is 0 Å². The third kappa shape index (κ3) is 2.81. The molecule has 4 N–H and O–H groups in total. The summed E-state index contributed by atoms with van der Waals surface area (Å²) in [4.78, 5) is 16.4. The average Bonchev–Trinajstić information content (AvgIpc) is 3.34. The van der Waals surface area contributed by atoms with Gasteiger partial charge in [-0.1, -0.05) is 0 Å². The normalized spacial score (nSPS) is 27.0. The molecule has 0 saturated heterocycles. The summed E-state index contributed by atoms with van der Waals surface area (Å²) in [5.41, 5.74) is 0.972. The fourth-order valence-electron chi connectivity index (χ4n) is 4.17. The van der Waals surface area contributed by atoms with E-state index >= 15 is 0 Å². The fourth-order valence-corrected chi connectivity index (χ4v) is 4.17. The lowest BCUT2D eigenvalue weighted by Gasteiger charge is -2.33. The van der Waals surface area contributed by atoms with Crippen LogP contribution in [0.1, 0.15) is 19.3 Å². The van der Waals surface area contributed by atoms with Crippen molar-refractivity contribution in [3.05, 3.63) is 24.5 Å². The molecule has 0 bridgehead atoms. The van der Waals surface area contributed by atoms with Crippen molar-refractivity contribution < 1.29 is 14.6 Å². The molecule has 3 aromatic rings. The predicted molar refractivity (Wildman–Crippen MR) is 92.6 cm³/mol. The van der Waals surface area contributed by atoms with Crippen LogP contribution in [-0.4, -0.2) is 52.7 Å². The van der Waals surface area contributed by atoms with E-state index in [-0.39, 0.29) is 23.6 Å². The predicted octanol–water partition coefficient (Wildman–Crippen LogP) is 1.09. The number of H-pyrrole nitrogens is 1. The maximum Gasteiger partial charge on any atom is 0.184 e. The molecule has 140 valence electrons. The zero-order chi connectivity index (χ0) is 18.5. The molecular formula is C17H18FN7O2. The van der Waals surface area contributed by atoms with Crippen LogP contribution in [-0.2, 0) is 0 Å². The minimum atomic E-state index is -1.44. The molecular weight excluding hydrogens is 353 g/mol. The Morgan fingerprint density at radius 3 is 2.96 bits per heavy atom. The third-order valence-corrected chi connectivity index (χ3v) is 5.66. The highest BCUT2D eigenvalue weighted by molar-refractivity contribution is 5.87. The van der Waals surface area contributed by atoms with Crippen molar-refractivity contribution in [1.82, 2.24) is 30.1 Å². The van der Waals surface area contributed by atoms with Gasteiger partial charge in [-0.2, -0.15) is 5.10 Å². The zero-order valence-electron chi connectivity index (χ0n) is 14.2. The SMILES string of the molecule is OC(O)[C@H]1CC[C@@H]2C[C@@H]2[C@@H]1Nc1nc(-c2[nH]nc3ncncc23)ncc1F. The number of fused-ring (bicyclic) bond motifs is 2. The maximum absolute atomic E-state index is 14.4. The Morgan fingerprint density at radius 1 is 1.22 bits per heavy atom. The number of hydrogen-bond donors (Lipinski definition) is 4. The van der Waals surface area contributed by atoms with Crippen molar-refractivity contribution in [3.8, 4) is 11.5 Å². The van der Waals surface area contributed by atoms with E-state index in [1.165, 1.54) is 6.33 Å². The van der Waals surface area contributed by atoms with Gasteiger partial charge in [0.25, 0.3) is 0 Å². The molecule has 3 aromatic heterocycles. The van der Waals surface area contributed by atoms with E-state index in [9.17, 15) is 14.6 Å². The molecule has 0 spiro atoms. The van der Waals surface area contributed by atoms with Gasteiger partial charge in [-0.15, -0.1) is 0 Å². The number of rotatable bonds is 4. The van der Waals surface area contributed by atoms with E-state index in [1.807, 2.05) is 0 Å². The van der Waals surface area contributed by atoms with Gasteiger partial charge in [0.05, 0.1) is 11.6 Å². The summed E-state index contributed by atoms with van der Waals surface area (Å²) < 4.78 is 14.4. The lowest BCUT2D eigenvalue weighted by molar-refractivity contribution is -0.0970. The van der Waals surface area contributed by atoms with Crippen LogP contribution < -0.4 is 5.32 Å². The van der Waals surface area contributed by atoms with Crippen LogP contribution in [0.3, 0.4) is 0 Å². The number of aromatic amines is 1. The largest absolute Gasteiger partial charge is 0.368 e. The summed E-state index contributed by atoms with van der Waals surface area (Å²) in [7, 11) is 0. The maximum atomic E-state index is 14.4. The molecule has 2 fully saturated rings. The molecule has 0 aliphatic heterocycles. The topological polar surface area (TPSA) is 133 Å². The first-order valence-electron chi connectivity index (χ1n) is 8.91. The molecule has 27 heavy (non-hydrogen) atoms. The van der Waals surface area contributed by atoms with Crippen LogP contribution in [0.5, 0.6) is 0 Å². The molecule has 2 aliphatic rings. The number of nitrogens with one attached hydrogen (secondary N) is 2. The summed E-state index contributed by atoms with van der Waals surface area (Å²) in [5, 5.41) is 30.1. The molecule has 5 rings (SSSR count). The minimum Gasteiger partial charge on any atom is -0.368 e. The number of hydrogen-bond acceptors (Lipinski definition) is 8. The van der Waals surface area contributed by atoms with Gasteiger partial charge in [0.2, 0.25) is 0 Å². The molecule has 0 unspecified atom stereocenters. The second-order valence-corrected chi connectivity index (χ2v) is 7.23. The van der Waals surface area contributed by atoms with Gasteiger partial charge < -0.3 is 15.5 Å². The van der Waals surface area contributed by atoms with E-state index in [2.05, 4.69) is 35.5 Å². The molecule has 0 aromatic carbocycles. The lowest BCUT2D eigenvalue weighted by atomic mass is 9.84. The average molecular weight is 371 g/mol. The van der Waals surface area contributed by atoms with Crippen LogP contribution >= 0.6 is 0 Å². The van der Waals surface area contributed by atoms with E-state index < -0.39 is 12.1 Å². The first kappa shape index (κ1) is 16.5. The quantitative estimate of drug-likeness (QED) is 0.501. The van der Waals surface area contributed by atoms with Gasteiger partial charge >= 0.3 is 0 Å². The van der Waals surface area contributed by atoms with Crippen LogP contribution in [0.25, 0.3) is 22.6 Å². The van der Waals surface area contributed by atoms with E-state index in [4.69, 9.17) is 0 Å². The second-order valence-electron chi connectivity index (χ2n) is 7.23. The monoisotopic (exact) mass is 371 g/mol. The molecule has 4 atom stereocenters. The van der Waals surface area contributed by atoms with Crippen molar-refractivity contribution >= 4 is 16.9 Å². The van der Waals surface area contributed by atoms with Crippen LogP contribution in [0, 0.1) is 23.6 Å². The van der Waals surface area contributed by atoms with Crippen LogP contribution in [0.2, 0.25) is 0 Å². The Bertz CT molecular complexity index is 994. The molecule has 3 heterocycles. The molecule has 0 radical (unpaired) electrons. The first-order chi connectivity index (χ1) is 13.1. The van der Waals surface area contributed by atoms with Gasteiger partial charge in [0.15, 0.2) is 29.4 Å². The second kappa shape index (κ2) is 6.17. The van der Waals surface area contributed by atoms with Crippen molar-refractivity contribution in [3.63, 3.8) is 0 Å². The minimum absolute atomic E-state index is 0.0443. The Kier molecular flexibility index (Phi) is 3.76. The highest BCUT2D eigenvalue weighted by atomic mass is 19.1. The summed E-state index contributed by atoms with van der Waals surface area (Å²) in [6.07, 6.45) is 5.32. The number of nitrogens with zero attached hydrogens (tertiary/aromatic N) is 5. The van der Waals surface area contributed by atoms with Gasteiger partial charge in [0.1, 0.15) is 12.0 Å². The van der Waals surface area contributed by atoms with Gasteiger partial charge in [-0.05, 0) is 31.1 Å². The Hall–Kier alpha value is -2.72. The van der Waals surface area contributed by atoms with Gasteiger partial charge in [-0.25, -0.2) is 24.3 Å². The summed E-state index contributed by atoms with van der Waals surface area (Å²) in [6.45, 7) is 0. The highest BCUT2D eigenvalue weighted by Gasteiger charge is 2.51. The lowest BCUT2D eigenvalue weighted by Crippen LogP contribution is -2.41. The number of anilines is 1. The Morgan fingerprint density at radius 2 is 2.11 bits per heavy atom. The highest BCUT2D eigenvalue weighted by Crippen LogP contribution is 2.52. The molecule has 2 aliphatic carbocycles. The van der Waals surface area contributed by atoms with E-state index in [0.717, 1.165) is 19.0 Å². The van der Waals surface area contributed by atoms with Crippen LogP contribution in [0.15, 0.2) is 18.7 Å². The molecule has 9 nitrogen and oxygen atoms in total.